The molecule has 0 fully saturated rings. The van der Waals surface area contributed by atoms with E-state index in [0.717, 1.165) is 15.7 Å². The van der Waals surface area contributed by atoms with Gasteiger partial charge in [0.25, 0.3) is 0 Å². The Bertz CT molecular complexity index is 558. The van der Waals surface area contributed by atoms with Crippen LogP contribution in [-0.4, -0.2) is 4.98 Å². The van der Waals surface area contributed by atoms with E-state index in [1.165, 1.54) is 0 Å². The molecule has 0 atom stereocenters. The van der Waals surface area contributed by atoms with E-state index in [1.807, 2.05) is 31.2 Å². The van der Waals surface area contributed by atoms with Crippen molar-refractivity contribution in [3.05, 3.63) is 50.5 Å². The minimum atomic E-state index is 0.448. The maximum absolute atomic E-state index is 6.08. The molecular formula is C12H9BrCl2N2. The van der Waals surface area contributed by atoms with E-state index in [0.29, 0.717) is 16.0 Å². The second-order valence-electron chi connectivity index (χ2n) is 3.55. The van der Waals surface area contributed by atoms with E-state index in [1.54, 1.807) is 6.07 Å². The highest BCUT2D eigenvalue weighted by molar-refractivity contribution is 9.10. The van der Waals surface area contributed by atoms with Crippen molar-refractivity contribution in [2.75, 3.05) is 5.32 Å². The van der Waals surface area contributed by atoms with Gasteiger partial charge in [0.05, 0.1) is 5.69 Å². The molecule has 0 aliphatic rings. The number of benzene rings is 1. The number of anilines is 2. The lowest BCUT2D eigenvalue weighted by Gasteiger charge is -2.10. The van der Waals surface area contributed by atoms with Crippen LogP contribution in [0.15, 0.2) is 34.8 Å². The average Bonchev–Trinajstić information content (AvgIpc) is 2.26. The summed E-state index contributed by atoms with van der Waals surface area (Å²) in [4.78, 5) is 4.15. The molecule has 0 aliphatic carbocycles. The number of nitrogens with one attached hydrogen (secondary N) is 1. The predicted molar refractivity (Wildman–Crippen MR) is 76.4 cm³/mol. The van der Waals surface area contributed by atoms with Gasteiger partial charge in [-0.25, -0.2) is 4.98 Å². The van der Waals surface area contributed by atoms with Gasteiger partial charge in [-0.1, -0.05) is 29.3 Å². The summed E-state index contributed by atoms with van der Waals surface area (Å²) in [6.45, 7) is 1.95. The van der Waals surface area contributed by atoms with E-state index in [4.69, 9.17) is 23.2 Å². The molecule has 2 nitrogen and oxygen atoms in total. The quantitative estimate of drug-likeness (QED) is 0.765. The first-order chi connectivity index (χ1) is 8.06. The summed E-state index contributed by atoms with van der Waals surface area (Å²) in [6, 6.07) is 9.20. The van der Waals surface area contributed by atoms with Gasteiger partial charge < -0.3 is 5.32 Å². The van der Waals surface area contributed by atoms with Crippen LogP contribution in [-0.2, 0) is 0 Å². The van der Waals surface area contributed by atoms with Gasteiger partial charge in [-0.3, -0.25) is 0 Å². The topological polar surface area (TPSA) is 24.9 Å². The van der Waals surface area contributed by atoms with Gasteiger partial charge in [-0.2, -0.15) is 0 Å². The Labute approximate surface area is 118 Å². The maximum Gasteiger partial charge on any atom is 0.132 e. The van der Waals surface area contributed by atoms with E-state index < -0.39 is 0 Å². The highest BCUT2D eigenvalue weighted by atomic mass is 79.9. The standard InChI is InChI=1S/C12H9BrCl2N2/c1-7-5-8(13)10(6-9(7)14)16-12-4-2-3-11(15)17-12/h2-6H,1H3,(H,16,17). The lowest BCUT2D eigenvalue weighted by atomic mass is 10.2. The lowest BCUT2D eigenvalue weighted by molar-refractivity contribution is 1.30. The first kappa shape index (κ1) is 12.7. The van der Waals surface area contributed by atoms with E-state index in [9.17, 15) is 0 Å². The summed E-state index contributed by atoms with van der Waals surface area (Å²) in [5.74, 6) is 0.679. The summed E-state index contributed by atoms with van der Waals surface area (Å²) >= 11 is 15.4. The zero-order valence-corrected chi connectivity index (χ0v) is 12.1. The zero-order valence-electron chi connectivity index (χ0n) is 8.97. The minimum absolute atomic E-state index is 0.448. The van der Waals surface area contributed by atoms with Crippen LogP contribution in [0.25, 0.3) is 0 Å². The molecule has 0 aliphatic heterocycles. The number of aromatic nitrogens is 1. The van der Waals surface area contributed by atoms with Crippen molar-refractivity contribution in [1.82, 2.24) is 4.98 Å². The van der Waals surface area contributed by atoms with Crippen molar-refractivity contribution in [2.24, 2.45) is 0 Å². The molecule has 5 heteroatoms. The minimum Gasteiger partial charge on any atom is -0.339 e. The molecule has 1 heterocycles. The van der Waals surface area contributed by atoms with Gasteiger partial charge in [0.2, 0.25) is 0 Å². The highest BCUT2D eigenvalue weighted by Gasteiger charge is 2.05. The fraction of sp³-hybridized carbons (Fsp3) is 0.0833. The molecule has 0 saturated heterocycles. The molecule has 2 rings (SSSR count). The zero-order chi connectivity index (χ0) is 12.4. The maximum atomic E-state index is 6.08. The molecule has 0 unspecified atom stereocenters. The van der Waals surface area contributed by atoms with E-state index >= 15 is 0 Å². The van der Waals surface area contributed by atoms with Crippen LogP contribution in [0, 0.1) is 6.92 Å². The number of hydrogen-bond acceptors (Lipinski definition) is 2. The van der Waals surface area contributed by atoms with Gasteiger partial charge in [0.1, 0.15) is 11.0 Å². The van der Waals surface area contributed by atoms with Crippen molar-refractivity contribution in [1.29, 1.82) is 0 Å². The van der Waals surface area contributed by atoms with Crippen LogP contribution >= 0.6 is 39.1 Å². The van der Waals surface area contributed by atoms with Crippen LogP contribution in [0.4, 0.5) is 11.5 Å². The van der Waals surface area contributed by atoms with Crippen LogP contribution in [0.2, 0.25) is 10.2 Å². The summed E-state index contributed by atoms with van der Waals surface area (Å²) in [6.07, 6.45) is 0. The summed E-state index contributed by atoms with van der Waals surface area (Å²) < 4.78 is 0.932. The Kier molecular flexibility index (Phi) is 3.92. The normalized spacial score (nSPS) is 10.4. The van der Waals surface area contributed by atoms with E-state index in [-0.39, 0.29) is 0 Å². The number of hydrogen-bond donors (Lipinski definition) is 1. The molecule has 0 saturated carbocycles. The molecule has 0 amide bonds. The Balaban J connectivity index is 2.33. The van der Waals surface area contributed by atoms with Crippen molar-refractivity contribution >= 4 is 50.6 Å². The van der Waals surface area contributed by atoms with Crippen molar-refractivity contribution < 1.29 is 0 Å². The van der Waals surface area contributed by atoms with Crippen LogP contribution in [0.1, 0.15) is 5.56 Å². The Morgan fingerprint density at radius 1 is 1.24 bits per heavy atom. The monoisotopic (exact) mass is 330 g/mol. The Morgan fingerprint density at radius 3 is 2.71 bits per heavy atom. The van der Waals surface area contributed by atoms with Gasteiger partial charge in [0, 0.05) is 9.50 Å². The predicted octanol–water partition coefficient (Wildman–Crippen LogP) is 5.20. The van der Waals surface area contributed by atoms with Crippen molar-refractivity contribution in [3.8, 4) is 0 Å². The molecule has 17 heavy (non-hydrogen) atoms. The SMILES string of the molecule is Cc1cc(Br)c(Nc2cccc(Cl)n2)cc1Cl. The summed E-state index contributed by atoms with van der Waals surface area (Å²) in [7, 11) is 0. The van der Waals surface area contributed by atoms with Gasteiger partial charge >= 0.3 is 0 Å². The molecule has 1 N–H and O–H groups in total. The second-order valence-corrected chi connectivity index (χ2v) is 5.20. The second kappa shape index (κ2) is 5.25. The molecule has 1 aromatic heterocycles. The molecule has 2 aromatic rings. The smallest absolute Gasteiger partial charge is 0.132 e. The third kappa shape index (κ3) is 3.12. The largest absolute Gasteiger partial charge is 0.339 e. The highest BCUT2D eigenvalue weighted by Crippen LogP contribution is 2.31. The summed E-state index contributed by atoms with van der Waals surface area (Å²) in [5, 5.41) is 4.31. The number of rotatable bonds is 2. The Hall–Kier alpha value is -0.770. The van der Waals surface area contributed by atoms with Gasteiger partial charge in [-0.15, -0.1) is 0 Å². The fourth-order valence-corrected chi connectivity index (χ4v) is 2.24. The molecule has 0 spiro atoms. The van der Waals surface area contributed by atoms with Crippen molar-refractivity contribution in [2.45, 2.75) is 6.92 Å². The third-order valence-electron chi connectivity index (χ3n) is 2.23. The number of halogens is 3. The Morgan fingerprint density at radius 2 is 2.00 bits per heavy atom. The number of aryl methyl sites for hydroxylation is 1. The van der Waals surface area contributed by atoms with Gasteiger partial charge in [-0.05, 0) is 52.7 Å². The third-order valence-corrected chi connectivity index (χ3v) is 3.50. The molecule has 0 radical (unpaired) electrons. The first-order valence-electron chi connectivity index (χ1n) is 4.91. The van der Waals surface area contributed by atoms with E-state index in [2.05, 4.69) is 26.2 Å². The van der Waals surface area contributed by atoms with Gasteiger partial charge in [0.15, 0.2) is 0 Å². The van der Waals surface area contributed by atoms with Crippen LogP contribution in [0.3, 0.4) is 0 Å². The molecule has 1 aromatic carbocycles. The lowest BCUT2D eigenvalue weighted by Crippen LogP contribution is -1.95. The number of pyridine rings is 1. The fourth-order valence-electron chi connectivity index (χ4n) is 1.36. The molecule has 0 bridgehead atoms. The first-order valence-corrected chi connectivity index (χ1v) is 6.46. The number of nitrogens with zero attached hydrogens (tertiary/aromatic N) is 1. The van der Waals surface area contributed by atoms with Crippen LogP contribution < -0.4 is 5.32 Å². The van der Waals surface area contributed by atoms with Crippen LogP contribution in [0.5, 0.6) is 0 Å². The average molecular weight is 332 g/mol. The van der Waals surface area contributed by atoms with Crippen molar-refractivity contribution in [3.63, 3.8) is 0 Å². The molecule has 88 valence electrons. The summed E-state index contributed by atoms with van der Waals surface area (Å²) in [5.41, 5.74) is 1.87. The molecular weight excluding hydrogens is 323 g/mol.